The summed E-state index contributed by atoms with van der Waals surface area (Å²) < 4.78 is 16.8. The molecule has 0 unspecified atom stereocenters. The monoisotopic (exact) mass is 835 g/mol. The van der Waals surface area contributed by atoms with Gasteiger partial charge < -0.3 is 14.2 Å². The highest BCUT2D eigenvalue weighted by atomic mass is 16.6. The fraction of sp³-hybridized carbons (Fsp3) is 0.943. The summed E-state index contributed by atoms with van der Waals surface area (Å²) in [6.45, 7) is 11.4. The van der Waals surface area contributed by atoms with Crippen LogP contribution in [0, 0.1) is 11.8 Å². The summed E-state index contributed by atoms with van der Waals surface area (Å²) in [6, 6.07) is 0. The molecule has 0 fully saturated rings. The number of rotatable bonds is 47. The van der Waals surface area contributed by atoms with Gasteiger partial charge in [0.05, 0.1) is 0 Å². The lowest BCUT2D eigenvalue weighted by molar-refractivity contribution is -0.167. The zero-order valence-electron chi connectivity index (χ0n) is 40.4. The molecular formula is C53H102O6. The van der Waals surface area contributed by atoms with E-state index in [4.69, 9.17) is 14.2 Å². The molecule has 0 heterocycles. The van der Waals surface area contributed by atoms with Gasteiger partial charge in [0.2, 0.25) is 0 Å². The van der Waals surface area contributed by atoms with Gasteiger partial charge in [0, 0.05) is 19.3 Å². The first kappa shape index (κ1) is 57.4. The van der Waals surface area contributed by atoms with Gasteiger partial charge in [-0.3, -0.25) is 14.4 Å². The quantitative estimate of drug-likeness (QED) is 0.0345. The minimum absolute atomic E-state index is 0.0639. The zero-order chi connectivity index (χ0) is 43.3. The van der Waals surface area contributed by atoms with Gasteiger partial charge in [0.25, 0.3) is 0 Å². The molecule has 0 spiro atoms. The molecule has 0 aliphatic heterocycles. The second-order valence-corrected chi connectivity index (χ2v) is 19.1. The topological polar surface area (TPSA) is 78.9 Å². The van der Waals surface area contributed by atoms with Crippen LogP contribution in [0.2, 0.25) is 0 Å². The Bertz CT molecular complexity index is 900. The molecule has 0 rings (SSSR count). The molecule has 0 N–H and O–H groups in total. The van der Waals surface area contributed by atoms with Crippen molar-refractivity contribution >= 4 is 17.9 Å². The van der Waals surface area contributed by atoms with E-state index in [1.54, 1.807) is 0 Å². The first-order valence-electron chi connectivity index (χ1n) is 26.2. The molecule has 0 aromatic rings. The lowest BCUT2D eigenvalue weighted by Crippen LogP contribution is -2.30. The average molecular weight is 835 g/mol. The molecule has 0 aliphatic carbocycles. The number of carbonyl (C=O) groups is 3. The Hall–Kier alpha value is -1.59. The second kappa shape index (κ2) is 45.9. The van der Waals surface area contributed by atoms with Crippen molar-refractivity contribution in [2.75, 3.05) is 13.2 Å². The van der Waals surface area contributed by atoms with Crippen LogP contribution in [-0.4, -0.2) is 37.2 Å². The van der Waals surface area contributed by atoms with Crippen LogP contribution in [0.1, 0.15) is 291 Å². The van der Waals surface area contributed by atoms with E-state index in [1.807, 2.05) is 0 Å². The first-order chi connectivity index (χ1) is 28.7. The van der Waals surface area contributed by atoms with E-state index in [0.29, 0.717) is 19.3 Å². The van der Waals surface area contributed by atoms with Gasteiger partial charge in [0.1, 0.15) is 13.2 Å². The highest BCUT2D eigenvalue weighted by molar-refractivity contribution is 5.71. The van der Waals surface area contributed by atoms with Crippen molar-refractivity contribution in [2.45, 2.75) is 298 Å². The molecule has 59 heavy (non-hydrogen) atoms. The predicted octanol–water partition coefficient (Wildman–Crippen LogP) is 16.9. The Morgan fingerprint density at radius 3 is 0.831 bits per heavy atom. The first-order valence-corrected chi connectivity index (χ1v) is 26.2. The van der Waals surface area contributed by atoms with Crippen LogP contribution in [0.3, 0.4) is 0 Å². The molecule has 0 radical (unpaired) electrons. The highest BCUT2D eigenvalue weighted by Crippen LogP contribution is 2.17. The van der Waals surface area contributed by atoms with Crippen molar-refractivity contribution in [3.8, 4) is 0 Å². The minimum Gasteiger partial charge on any atom is -0.462 e. The maximum atomic E-state index is 12.8. The maximum Gasteiger partial charge on any atom is 0.306 e. The average Bonchev–Trinajstić information content (AvgIpc) is 3.20. The number of unbranched alkanes of at least 4 members (excludes halogenated alkanes) is 32. The van der Waals surface area contributed by atoms with E-state index >= 15 is 0 Å². The normalized spacial score (nSPS) is 12.1. The molecule has 0 bridgehead atoms. The third kappa shape index (κ3) is 47.3. The lowest BCUT2D eigenvalue weighted by Gasteiger charge is -2.18. The summed E-state index contributed by atoms with van der Waals surface area (Å²) in [5.41, 5.74) is 0. The van der Waals surface area contributed by atoms with Crippen LogP contribution >= 0.6 is 0 Å². The van der Waals surface area contributed by atoms with Crippen LogP contribution in [-0.2, 0) is 28.6 Å². The van der Waals surface area contributed by atoms with E-state index in [0.717, 1.165) is 69.6 Å². The van der Waals surface area contributed by atoms with Gasteiger partial charge in [-0.25, -0.2) is 0 Å². The van der Waals surface area contributed by atoms with Gasteiger partial charge in [-0.1, -0.05) is 253 Å². The number of esters is 3. The molecule has 0 saturated heterocycles. The molecule has 1 atom stereocenters. The molecule has 350 valence electrons. The van der Waals surface area contributed by atoms with Crippen LogP contribution < -0.4 is 0 Å². The predicted molar refractivity (Wildman–Crippen MR) is 252 cm³/mol. The van der Waals surface area contributed by atoms with Gasteiger partial charge in [-0.15, -0.1) is 0 Å². The third-order valence-corrected chi connectivity index (χ3v) is 12.0. The van der Waals surface area contributed by atoms with Crippen molar-refractivity contribution in [1.29, 1.82) is 0 Å². The Morgan fingerprint density at radius 2 is 0.559 bits per heavy atom. The van der Waals surface area contributed by atoms with Crippen LogP contribution in [0.15, 0.2) is 0 Å². The van der Waals surface area contributed by atoms with Crippen LogP contribution in [0.4, 0.5) is 0 Å². The highest BCUT2D eigenvalue weighted by Gasteiger charge is 2.19. The molecule has 6 heteroatoms. The van der Waals surface area contributed by atoms with Crippen molar-refractivity contribution in [3.63, 3.8) is 0 Å². The lowest BCUT2D eigenvalue weighted by atomic mass is 10.0. The summed E-state index contributed by atoms with van der Waals surface area (Å²) in [4.78, 5) is 37.9. The Labute approximate surface area is 368 Å². The Kier molecular flexibility index (Phi) is 44.7. The summed E-state index contributed by atoms with van der Waals surface area (Å²) in [7, 11) is 0. The van der Waals surface area contributed by atoms with Crippen molar-refractivity contribution in [1.82, 2.24) is 0 Å². The van der Waals surface area contributed by atoms with Gasteiger partial charge in [-0.05, 0) is 31.1 Å². The van der Waals surface area contributed by atoms with E-state index in [2.05, 4.69) is 34.6 Å². The largest absolute Gasteiger partial charge is 0.462 e. The number of hydrogen-bond acceptors (Lipinski definition) is 6. The van der Waals surface area contributed by atoms with E-state index in [-0.39, 0.29) is 31.1 Å². The Morgan fingerprint density at radius 1 is 0.322 bits per heavy atom. The molecule has 0 aromatic carbocycles. The number of ether oxygens (including phenoxy) is 3. The molecule has 0 aromatic heterocycles. The van der Waals surface area contributed by atoms with Crippen molar-refractivity contribution in [3.05, 3.63) is 0 Å². The summed E-state index contributed by atoms with van der Waals surface area (Å²) in [5.74, 6) is 0.821. The van der Waals surface area contributed by atoms with Gasteiger partial charge in [-0.2, -0.15) is 0 Å². The van der Waals surface area contributed by atoms with E-state index < -0.39 is 6.10 Å². The molecule has 0 aliphatic rings. The number of carbonyl (C=O) groups excluding carboxylic acids is 3. The Balaban J connectivity index is 4.24. The van der Waals surface area contributed by atoms with E-state index in [9.17, 15) is 14.4 Å². The summed E-state index contributed by atoms with van der Waals surface area (Å²) >= 11 is 0. The minimum atomic E-state index is -0.761. The summed E-state index contributed by atoms with van der Waals surface area (Å²) in [5, 5.41) is 0. The van der Waals surface area contributed by atoms with Gasteiger partial charge in [0.15, 0.2) is 6.10 Å². The maximum absolute atomic E-state index is 12.8. The fourth-order valence-electron chi connectivity index (χ4n) is 7.99. The van der Waals surface area contributed by atoms with Crippen molar-refractivity contribution in [2.24, 2.45) is 11.8 Å². The third-order valence-electron chi connectivity index (χ3n) is 12.0. The fourth-order valence-corrected chi connectivity index (χ4v) is 7.99. The summed E-state index contributed by atoms with van der Waals surface area (Å²) in [6.07, 6.45) is 46.7. The molecule has 6 nitrogen and oxygen atoms in total. The molecule has 0 saturated carbocycles. The standard InChI is InChI=1S/C53H102O6/c1-6-7-8-9-10-21-28-33-38-43-51(54)57-46-50(47-58-52(55)44-39-34-29-24-20-19-23-27-32-37-42-49(4)5)59-53(56)45-40-35-30-25-18-16-14-12-11-13-15-17-22-26-31-36-41-48(2)3/h48-50H,6-47H2,1-5H3/t50-/m1/s1. The van der Waals surface area contributed by atoms with Gasteiger partial charge >= 0.3 is 17.9 Å². The SMILES string of the molecule is CCCCCCCCCCCC(=O)OC[C@H](COC(=O)CCCCCCCCCCCCC(C)C)OC(=O)CCCCCCCCCCCCCCCCCCC(C)C. The van der Waals surface area contributed by atoms with Crippen LogP contribution in [0.5, 0.6) is 0 Å². The smallest absolute Gasteiger partial charge is 0.306 e. The molecular weight excluding hydrogens is 733 g/mol. The molecule has 0 amide bonds. The van der Waals surface area contributed by atoms with Crippen molar-refractivity contribution < 1.29 is 28.6 Å². The van der Waals surface area contributed by atoms with E-state index in [1.165, 1.54) is 180 Å². The van der Waals surface area contributed by atoms with Crippen LogP contribution in [0.25, 0.3) is 0 Å². The number of hydrogen-bond donors (Lipinski definition) is 0. The second-order valence-electron chi connectivity index (χ2n) is 19.1. The zero-order valence-corrected chi connectivity index (χ0v) is 40.4.